The third-order valence-corrected chi connectivity index (χ3v) is 2.73. The summed E-state index contributed by atoms with van der Waals surface area (Å²) in [4.78, 5) is 0. The fraction of sp³-hybridized carbons (Fsp3) is 0.182. The van der Waals surface area contributed by atoms with Gasteiger partial charge in [0.15, 0.2) is 5.76 Å². The minimum atomic E-state index is 0.322. The number of hydrogen-bond donors (Lipinski definition) is 0. The van der Waals surface area contributed by atoms with Crippen molar-refractivity contribution in [1.82, 2.24) is 5.16 Å². The Hall–Kier alpha value is -1.00. The van der Waals surface area contributed by atoms with E-state index < -0.39 is 0 Å². The van der Waals surface area contributed by atoms with E-state index in [9.17, 15) is 0 Å². The molecule has 0 saturated heterocycles. The lowest BCUT2D eigenvalue weighted by Crippen LogP contribution is -1.94. The minimum Gasteiger partial charge on any atom is -0.484 e. The van der Waals surface area contributed by atoms with Crippen LogP contribution >= 0.6 is 27.5 Å². The number of nitrogens with zero attached hydrogens (tertiary/aromatic N) is 1. The van der Waals surface area contributed by atoms with Crippen molar-refractivity contribution in [2.24, 2.45) is 0 Å². The highest BCUT2D eigenvalue weighted by Gasteiger charge is 2.05. The van der Waals surface area contributed by atoms with Gasteiger partial charge in [0.1, 0.15) is 12.4 Å². The molecule has 3 nitrogen and oxygen atoms in total. The highest BCUT2D eigenvalue weighted by Crippen LogP contribution is 2.28. The predicted octanol–water partition coefficient (Wildman–Crippen LogP) is 3.98. The molecule has 0 amide bonds. The third kappa shape index (κ3) is 2.77. The second-order valence-corrected chi connectivity index (χ2v) is 4.62. The number of hydrogen-bond acceptors (Lipinski definition) is 3. The Labute approximate surface area is 106 Å². The van der Waals surface area contributed by atoms with Gasteiger partial charge in [0.05, 0.1) is 10.7 Å². The molecule has 0 bridgehead atoms. The van der Waals surface area contributed by atoms with Gasteiger partial charge < -0.3 is 9.26 Å². The zero-order chi connectivity index (χ0) is 11.5. The molecule has 0 N–H and O–H groups in total. The van der Waals surface area contributed by atoms with E-state index in [2.05, 4.69) is 21.1 Å². The van der Waals surface area contributed by atoms with Crippen molar-refractivity contribution in [3.05, 3.63) is 45.2 Å². The van der Waals surface area contributed by atoms with Crippen molar-refractivity contribution in [3.8, 4) is 5.75 Å². The molecule has 0 aliphatic carbocycles. The van der Waals surface area contributed by atoms with Crippen molar-refractivity contribution in [2.75, 3.05) is 0 Å². The van der Waals surface area contributed by atoms with Gasteiger partial charge in [0, 0.05) is 10.5 Å². The fourth-order valence-corrected chi connectivity index (χ4v) is 1.95. The van der Waals surface area contributed by atoms with Gasteiger partial charge in [-0.05, 0) is 25.1 Å². The smallest absolute Gasteiger partial charge is 0.174 e. The first-order valence-electron chi connectivity index (χ1n) is 4.65. The average molecular weight is 303 g/mol. The number of aromatic nitrogens is 1. The molecule has 5 heteroatoms. The Balaban J connectivity index is 2.04. The zero-order valence-corrected chi connectivity index (χ0v) is 10.9. The average Bonchev–Trinajstić information content (AvgIpc) is 2.63. The Morgan fingerprint density at radius 1 is 1.44 bits per heavy atom. The monoisotopic (exact) mass is 301 g/mol. The summed E-state index contributed by atoms with van der Waals surface area (Å²) in [6, 6.07) is 7.28. The SMILES string of the molecule is Cc1cc(COc2ccc(Br)cc2Cl)on1. The molecule has 0 atom stereocenters. The molecule has 0 aliphatic rings. The normalized spacial score (nSPS) is 10.4. The summed E-state index contributed by atoms with van der Waals surface area (Å²) < 4.78 is 11.4. The maximum Gasteiger partial charge on any atom is 0.174 e. The standard InChI is InChI=1S/C11H9BrClNO2/c1-7-4-9(16-14-7)6-15-11-3-2-8(12)5-10(11)13/h2-5H,6H2,1H3. The molecule has 0 fully saturated rings. The van der Waals surface area contributed by atoms with E-state index in [1.165, 1.54) is 0 Å². The molecule has 0 unspecified atom stereocenters. The van der Waals surface area contributed by atoms with Gasteiger partial charge in [-0.3, -0.25) is 0 Å². The van der Waals surface area contributed by atoms with Crippen LogP contribution < -0.4 is 4.74 Å². The number of ether oxygens (including phenoxy) is 1. The lowest BCUT2D eigenvalue weighted by atomic mass is 10.3. The van der Waals surface area contributed by atoms with Crippen LogP contribution in [0.2, 0.25) is 5.02 Å². The van der Waals surface area contributed by atoms with Gasteiger partial charge in [-0.2, -0.15) is 0 Å². The van der Waals surface area contributed by atoms with Crippen LogP contribution in [-0.4, -0.2) is 5.16 Å². The molecule has 1 heterocycles. The van der Waals surface area contributed by atoms with E-state index in [0.717, 1.165) is 10.2 Å². The van der Waals surface area contributed by atoms with Gasteiger partial charge in [-0.15, -0.1) is 0 Å². The predicted molar refractivity (Wildman–Crippen MR) is 64.7 cm³/mol. The van der Waals surface area contributed by atoms with Gasteiger partial charge in [0.25, 0.3) is 0 Å². The maximum atomic E-state index is 6.00. The molecular weight excluding hydrogens is 293 g/mol. The second-order valence-electron chi connectivity index (χ2n) is 3.30. The molecule has 0 radical (unpaired) electrons. The lowest BCUT2D eigenvalue weighted by Gasteiger charge is -2.05. The molecule has 2 aromatic rings. The van der Waals surface area contributed by atoms with Crippen molar-refractivity contribution < 1.29 is 9.26 Å². The third-order valence-electron chi connectivity index (χ3n) is 1.94. The largest absolute Gasteiger partial charge is 0.484 e. The number of halogens is 2. The van der Waals surface area contributed by atoms with Crippen molar-refractivity contribution in [2.45, 2.75) is 13.5 Å². The van der Waals surface area contributed by atoms with Crippen LogP contribution in [0.5, 0.6) is 5.75 Å². The van der Waals surface area contributed by atoms with E-state index in [4.69, 9.17) is 20.9 Å². The Morgan fingerprint density at radius 3 is 2.88 bits per heavy atom. The molecule has 0 spiro atoms. The summed E-state index contributed by atoms with van der Waals surface area (Å²) in [6.07, 6.45) is 0. The molecule has 0 saturated carbocycles. The molecule has 1 aromatic heterocycles. The summed E-state index contributed by atoms with van der Waals surface area (Å²) in [5, 5.41) is 4.33. The lowest BCUT2D eigenvalue weighted by molar-refractivity contribution is 0.249. The van der Waals surface area contributed by atoms with E-state index in [0.29, 0.717) is 23.1 Å². The number of benzene rings is 1. The molecule has 2 rings (SSSR count). The van der Waals surface area contributed by atoms with Crippen LogP contribution in [0.4, 0.5) is 0 Å². The van der Waals surface area contributed by atoms with Gasteiger partial charge in [-0.25, -0.2) is 0 Å². The summed E-state index contributed by atoms with van der Waals surface area (Å²) in [5.41, 5.74) is 0.834. The van der Waals surface area contributed by atoms with Crippen molar-refractivity contribution in [1.29, 1.82) is 0 Å². The van der Waals surface area contributed by atoms with Crippen LogP contribution in [0.1, 0.15) is 11.5 Å². The molecular formula is C11H9BrClNO2. The van der Waals surface area contributed by atoms with Crippen LogP contribution in [-0.2, 0) is 6.61 Å². The van der Waals surface area contributed by atoms with Crippen molar-refractivity contribution >= 4 is 27.5 Å². The highest BCUT2D eigenvalue weighted by atomic mass is 79.9. The topological polar surface area (TPSA) is 35.3 Å². The number of rotatable bonds is 3. The molecule has 84 valence electrons. The second kappa shape index (κ2) is 4.89. The van der Waals surface area contributed by atoms with Crippen LogP contribution in [0, 0.1) is 6.92 Å². The summed E-state index contributed by atoms with van der Waals surface area (Å²) in [5.74, 6) is 1.30. The van der Waals surface area contributed by atoms with Gasteiger partial charge >= 0.3 is 0 Å². The minimum absolute atomic E-state index is 0.322. The van der Waals surface area contributed by atoms with Gasteiger partial charge in [-0.1, -0.05) is 32.7 Å². The Morgan fingerprint density at radius 2 is 2.25 bits per heavy atom. The summed E-state index contributed by atoms with van der Waals surface area (Å²) >= 11 is 9.33. The van der Waals surface area contributed by atoms with E-state index in [1.54, 1.807) is 12.1 Å². The highest BCUT2D eigenvalue weighted by molar-refractivity contribution is 9.10. The first kappa shape index (κ1) is 11.5. The van der Waals surface area contributed by atoms with Gasteiger partial charge in [0.2, 0.25) is 0 Å². The van der Waals surface area contributed by atoms with E-state index in [-0.39, 0.29) is 0 Å². The van der Waals surface area contributed by atoms with Crippen LogP contribution in [0.25, 0.3) is 0 Å². The van der Waals surface area contributed by atoms with E-state index >= 15 is 0 Å². The summed E-state index contributed by atoms with van der Waals surface area (Å²) in [6.45, 7) is 2.18. The Bertz CT molecular complexity index is 498. The Kier molecular flexibility index (Phi) is 3.51. The number of aryl methyl sites for hydroxylation is 1. The van der Waals surface area contributed by atoms with Crippen LogP contribution in [0.15, 0.2) is 33.3 Å². The first-order valence-corrected chi connectivity index (χ1v) is 5.82. The van der Waals surface area contributed by atoms with E-state index in [1.807, 2.05) is 19.1 Å². The first-order chi connectivity index (χ1) is 7.65. The maximum absolute atomic E-state index is 6.00. The molecule has 16 heavy (non-hydrogen) atoms. The van der Waals surface area contributed by atoms with Crippen molar-refractivity contribution in [3.63, 3.8) is 0 Å². The summed E-state index contributed by atoms with van der Waals surface area (Å²) in [7, 11) is 0. The molecule has 1 aromatic carbocycles. The zero-order valence-electron chi connectivity index (χ0n) is 8.54. The fourth-order valence-electron chi connectivity index (χ4n) is 1.23. The van der Waals surface area contributed by atoms with Crippen LogP contribution in [0.3, 0.4) is 0 Å². The molecule has 0 aliphatic heterocycles. The quantitative estimate of drug-likeness (QED) is 0.860.